The van der Waals surface area contributed by atoms with Crippen molar-refractivity contribution in [1.82, 2.24) is 4.90 Å². The summed E-state index contributed by atoms with van der Waals surface area (Å²) in [7, 11) is 0. The minimum Gasteiger partial charge on any atom is -0.462 e. The Morgan fingerprint density at radius 1 is 0.848 bits per heavy atom. The fourth-order valence-electron chi connectivity index (χ4n) is 5.87. The molecule has 2 aromatic rings. The van der Waals surface area contributed by atoms with Crippen LogP contribution in [-0.2, 0) is 11.3 Å². The third kappa shape index (κ3) is 5.19. The number of piperazine rings is 1. The summed E-state index contributed by atoms with van der Waals surface area (Å²) in [5, 5.41) is 0. The van der Waals surface area contributed by atoms with Crippen molar-refractivity contribution in [3.05, 3.63) is 59.7 Å². The van der Waals surface area contributed by atoms with Crippen LogP contribution >= 0.6 is 0 Å². The number of para-hydroxylation sites is 1. The van der Waals surface area contributed by atoms with E-state index in [9.17, 15) is 4.79 Å². The van der Waals surface area contributed by atoms with E-state index in [1.54, 1.807) is 0 Å². The summed E-state index contributed by atoms with van der Waals surface area (Å²) in [5.74, 6) is 1.52. The molecule has 0 atom stereocenters. The Morgan fingerprint density at radius 2 is 1.48 bits per heavy atom. The lowest BCUT2D eigenvalue weighted by Gasteiger charge is -2.37. The van der Waals surface area contributed by atoms with Crippen LogP contribution in [0.3, 0.4) is 0 Å². The van der Waals surface area contributed by atoms with Gasteiger partial charge >= 0.3 is 5.97 Å². The van der Waals surface area contributed by atoms with Crippen LogP contribution in [0.4, 0.5) is 11.4 Å². The number of hydrogen-bond donors (Lipinski definition) is 0. The van der Waals surface area contributed by atoms with E-state index < -0.39 is 0 Å². The Bertz CT molecular complexity index is 914. The van der Waals surface area contributed by atoms with Crippen molar-refractivity contribution < 1.29 is 9.53 Å². The quantitative estimate of drug-likeness (QED) is 0.594. The lowest BCUT2D eigenvalue weighted by atomic mass is 9.84. The smallest absolute Gasteiger partial charge is 0.338 e. The largest absolute Gasteiger partial charge is 0.462 e. The zero-order chi connectivity index (χ0) is 22.6. The minimum atomic E-state index is -0.245. The van der Waals surface area contributed by atoms with Gasteiger partial charge in [0.15, 0.2) is 0 Å². The van der Waals surface area contributed by atoms with Crippen LogP contribution in [0, 0.1) is 11.8 Å². The second-order valence-corrected chi connectivity index (χ2v) is 9.95. The summed E-state index contributed by atoms with van der Waals surface area (Å²) in [6.07, 6.45) is 5.69. The number of rotatable bonds is 6. The molecule has 4 fully saturated rings. The van der Waals surface area contributed by atoms with Gasteiger partial charge in [0.25, 0.3) is 0 Å². The van der Waals surface area contributed by atoms with Gasteiger partial charge in [-0.1, -0.05) is 18.2 Å². The van der Waals surface area contributed by atoms with E-state index in [0.29, 0.717) is 12.2 Å². The van der Waals surface area contributed by atoms with Crippen molar-refractivity contribution in [2.45, 2.75) is 39.2 Å². The normalized spacial score (nSPS) is 23.4. The van der Waals surface area contributed by atoms with Crippen molar-refractivity contribution in [3.8, 4) is 0 Å². The Morgan fingerprint density at radius 3 is 2.12 bits per heavy atom. The topological polar surface area (TPSA) is 36.0 Å². The van der Waals surface area contributed by atoms with Crippen molar-refractivity contribution in [2.24, 2.45) is 11.8 Å². The molecule has 3 saturated heterocycles. The molecule has 3 heterocycles. The van der Waals surface area contributed by atoms with Crippen LogP contribution in [0.1, 0.15) is 48.5 Å². The molecule has 1 aliphatic carbocycles. The minimum absolute atomic E-state index is 0.245. The molecule has 0 unspecified atom stereocenters. The van der Waals surface area contributed by atoms with Crippen LogP contribution in [0.25, 0.3) is 0 Å². The number of carbonyl (C=O) groups excluding carboxylic acids is 1. The molecule has 2 aromatic carbocycles. The van der Waals surface area contributed by atoms with Gasteiger partial charge < -0.3 is 14.5 Å². The SMILES string of the molecule is CCOC(=O)c1ccc(N2CCN(Cc3ccccc3N3CC4CCC(CC4)C3)CC2)cc1. The zero-order valence-corrected chi connectivity index (χ0v) is 19.9. The van der Waals surface area contributed by atoms with Gasteiger partial charge in [0, 0.05) is 57.2 Å². The second-order valence-electron chi connectivity index (χ2n) is 9.95. The fraction of sp³-hybridized carbons (Fsp3) is 0.536. The molecule has 5 heteroatoms. The average Bonchev–Trinajstić information content (AvgIpc) is 3.19. The molecule has 5 nitrogen and oxygen atoms in total. The van der Waals surface area contributed by atoms with Gasteiger partial charge in [0.2, 0.25) is 0 Å². The highest BCUT2D eigenvalue weighted by atomic mass is 16.5. The van der Waals surface area contributed by atoms with Crippen LogP contribution in [-0.4, -0.2) is 56.7 Å². The third-order valence-corrected chi connectivity index (χ3v) is 7.77. The summed E-state index contributed by atoms with van der Waals surface area (Å²) in [5.41, 5.74) is 4.75. The van der Waals surface area contributed by atoms with Gasteiger partial charge in [-0.05, 0) is 80.3 Å². The summed E-state index contributed by atoms with van der Waals surface area (Å²) in [6.45, 7) is 9.87. The van der Waals surface area contributed by atoms with E-state index in [4.69, 9.17) is 4.74 Å². The van der Waals surface area contributed by atoms with Crippen LogP contribution in [0.15, 0.2) is 48.5 Å². The van der Waals surface area contributed by atoms with E-state index in [0.717, 1.165) is 44.6 Å². The standard InChI is InChI=1S/C28H37N3O2/c1-2-33-28(32)24-11-13-26(14-12-24)30-17-15-29(16-18-30)21-25-5-3-4-6-27(25)31-19-22-7-8-23(20-31)10-9-22/h3-6,11-14,22-23H,2,7-10,15-21H2,1H3. The monoisotopic (exact) mass is 447 g/mol. The van der Waals surface area contributed by atoms with Crippen LogP contribution in [0.5, 0.6) is 0 Å². The highest BCUT2D eigenvalue weighted by Crippen LogP contribution is 2.37. The van der Waals surface area contributed by atoms with Gasteiger partial charge in [-0.3, -0.25) is 4.90 Å². The van der Waals surface area contributed by atoms with Crippen molar-refractivity contribution >= 4 is 17.3 Å². The highest BCUT2D eigenvalue weighted by Gasteiger charge is 2.30. The zero-order valence-electron chi connectivity index (χ0n) is 19.9. The first-order valence-electron chi connectivity index (χ1n) is 12.8. The Hall–Kier alpha value is -2.53. The predicted octanol–water partition coefficient (Wildman–Crippen LogP) is 4.81. The first kappa shape index (κ1) is 22.3. The molecular formula is C28H37N3O2. The van der Waals surface area contributed by atoms with E-state index >= 15 is 0 Å². The maximum Gasteiger partial charge on any atom is 0.338 e. The summed E-state index contributed by atoms with van der Waals surface area (Å²) in [6, 6.07) is 16.9. The molecule has 3 aliphatic heterocycles. The van der Waals surface area contributed by atoms with E-state index in [2.05, 4.69) is 39.0 Å². The second kappa shape index (κ2) is 10.2. The number of esters is 1. The highest BCUT2D eigenvalue weighted by molar-refractivity contribution is 5.89. The summed E-state index contributed by atoms with van der Waals surface area (Å²) >= 11 is 0. The maximum absolute atomic E-state index is 11.9. The van der Waals surface area contributed by atoms with Gasteiger partial charge in [-0.25, -0.2) is 4.79 Å². The number of nitrogens with zero attached hydrogens (tertiary/aromatic N) is 3. The number of fused-ring (bicyclic) bond motifs is 4. The fourth-order valence-corrected chi connectivity index (χ4v) is 5.87. The number of ether oxygens (including phenoxy) is 1. The van der Waals surface area contributed by atoms with Crippen molar-refractivity contribution in [2.75, 3.05) is 55.7 Å². The molecule has 0 radical (unpaired) electrons. The van der Waals surface area contributed by atoms with Crippen molar-refractivity contribution in [3.63, 3.8) is 0 Å². The first-order valence-corrected chi connectivity index (χ1v) is 12.8. The van der Waals surface area contributed by atoms with Gasteiger partial charge in [-0.2, -0.15) is 0 Å². The van der Waals surface area contributed by atoms with E-state index in [1.807, 2.05) is 31.2 Å². The van der Waals surface area contributed by atoms with Gasteiger partial charge in [0.1, 0.15) is 0 Å². The maximum atomic E-state index is 11.9. The Labute approximate surface area is 198 Å². The predicted molar refractivity (Wildman–Crippen MR) is 134 cm³/mol. The van der Waals surface area contributed by atoms with Gasteiger partial charge in [0.05, 0.1) is 12.2 Å². The summed E-state index contributed by atoms with van der Waals surface area (Å²) in [4.78, 5) is 19.6. The molecular weight excluding hydrogens is 410 g/mol. The lowest BCUT2D eigenvalue weighted by molar-refractivity contribution is 0.0526. The van der Waals surface area contributed by atoms with E-state index in [1.165, 1.54) is 55.7 Å². The van der Waals surface area contributed by atoms with Gasteiger partial charge in [-0.15, -0.1) is 0 Å². The molecule has 0 amide bonds. The first-order chi connectivity index (χ1) is 16.2. The molecule has 2 bridgehead atoms. The number of carbonyl (C=O) groups is 1. The Balaban J connectivity index is 1.19. The number of anilines is 2. The molecule has 6 rings (SSSR count). The van der Waals surface area contributed by atoms with Crippen LogP contribution in [0.2, 0.25) is 0 Å². The molecule has 176 valence electrons. The molecule has 0 aromatic heterocycles. The molecule has 33 heavy (non-hydrogen) atoms. The van der Waals surface area contributed by atoms with E-state index in [-0.39, 0.29) is 5.97 Å². The number of hydrogen-bond acceptors (Lipinski definition) is 5. The molecule has 4 aliphatic rings. The van der Waals surface area contributed by atoms with Crippen LogP contribution < -0.4 is 9.80 Å². The Kier molecular flexibility index (Phi) is 6.86. The third-order valence-electron chi connectivity index (χ3n) is 7.77. The molecule has 1 saturated carbocycles. The van der Waals surface area contributed by atoms with Crippen molar-refractivity contribution in [1.29, 1.82) is 0 Å². The molecule has 0 spiro atoms. The molecule has 0 N–H and O–H groups in total. The lowest BCUT2D eigenvalue weighted by Crippen LogP contribution is -2.46. The summed E-state index contributed by atoms with van der Waals surface area (Å²) < 4.78 is 5.10. The number of benzene rings is 2. The average molecular weight is 448 g/mol.